The van der Waals surface area contributed by atoms with Gasteiger partial charge >= 0.3 is 0 Å². The van der Waals surface area contributed by atoms with Crippen molar-refractivity contribution in [3.05, 3.63) is 52.0 Å². The van der Waals surface area contributed by atoms with Crippen LogP contribution >= 0.6 is 11.3 Å². The van der Waals surface area contributed by atoms with Crippen molar-refractivity contribution in [2.24, 2.45) is 5.92 Å². The van der Waals surface area contributed by atoms with Crippen LogP contribution in [0.4, 0.5) is 0 Å². The minimum atomic E-state index is -0.000879. The molecule has 0 spiro atoms. The zero-order valence-corrected chi connectivity index (χ0v) is 14.5. The number of carbonyl (C=O) groups is 1. The fraction of sp³-hybridized carbons (Fsp3) is 0.474. The number of aryl methyl sites for hydroxylation is 1. The highest BCUT2D eigenvalue weighted by Crippen LogP contribution is 2.36. The highest BCUT2D eigenvalue weighted by atomic mass is 32.1. The molecule has 1 aliphatic heterocycles. The second-order valence-corrected chi connectivity index (χ2v) is 7.54. The third-order valence-corrected chi connectivity index (χ3v) is 5.83. The number of aromatic nitrogens is 1. The predicted molar refractivity (Wildman–Crippen MR) is 93.7 cm³/mol. The first-order chi connectivity index (χ1) is 11.8. The fourth-order valence-electron chi connectivity index (χ4n) is 3.83. The minimum Gasteiger partial charge on any atom is -0.381 e. The Labute approximate surface area is 146 Å². The molecule has 4 rings (SSSR count). The van der Waals surface area contributed by atoms with E-state index < -0.39 is 0 Å². The summed E-state index contributed by atoms with van der Waals surface area (Å²) in [5, 5.41) is 2.98. The molecule has 1 saturated heterocycles. The number of rotatable bonds is 4. The average molecular weight is 342 g/mol. The van der Waals surface area contributed by atoms with Gasteiger partial charge in [0.15, 0.2) is 0 Å². The van der Waals surface area contributed by atoms with Crippen LogP contribution in [0.3, 0.4) is 0 Å². The molecule has 1 amide bonds. The lowest BCUT2D eigenvalue weighted by molar-refractivity contribution is -0.139. The predicted octanol–water partition coefficient (Wildman–Crippen LogP) is 3.59. The van der Waals surface area contributed by atoms with Gasteiger partial charge in [-0.05, 0) is 36.8 Å². The Morgan fingerprint density at radius 2 is 2.25 bits per heavy atom. The van der Waals surface area contributed by atoms with Gasteiger partial charge in [0.2, 0.25) is 5.91 Å². The van der Waals surface area contributed by atoms with E-state index in [0.717, 1.165) is 30.7 Å². The molecule has 1 aliphatic carbocycles. The number of carbonyl (C=O) groups excluding carboxylic acids is 1. The van der Waals surface area contributed by atoms with Crippen molar-refractivity contribution < 1.29 is 9.53 Å². The number of hydrogen-bond acceptors (Lipinski definition) is 4. The highest BCUT2D eigenvalue weighted by Gasteiger charge is 2.35. The molecular weight excluding hydrogens is 320 g/mol. The molecule has 2 aromatic rings. The smallest absolute Gasteiger partial charge is 0.228 e. The van der Waals surface area contributed by atoms with Gasteiger partial charge < -0.3 is 9.64 Å². The summed E-state index contributed by atoms with van der Waals surface area (Å²) in [5.74, 6) is 0.225. The molecule has 2 aliphatic rings. The van der Waals surface area contributed by atoms with Crippen LogP contribution in [0.25, 0.3) is 0 Å². The first kappa shape index (κ1) is 15.8. The molecule has 4 nitrogen and oxygen atoms in total. The first-order valence-electron chi connectivity index (χ1n) is 8.67. The van der Waals surface area contributed by atoms with Crippen LogP contribution in [0.2, 0.25) is 0 Å². The summed E-state index contributed by atoms with van der Waals surface area (Å²) in [4.78, 5) is 19.7. The molecule has 1 fully saturated rings. The van der Waals surface area contributed by atoms with Crippen molar-refractivity contribution in [3.8, 4) is 0 Å². The van der Waals surface area contributed by atoms with E-state index in [1.165, 1.54) is 11.1 Å². The van der Waals surface area contributed by atoms with Crippen LogP contribution in [0, 0.1) is 5.92 Å². The van der Waals surface area contributed by atoms with Gasteiger partial charge in [-0.15, -0.1) is 11.3 Å². The van der Waals surface area contributed by atoms with Crippen molar-refractivity contribution in [2.75, 3.05) is 13.2 Å². The SMILES string of the molecule is O=C([C@H]1CCOC1)N(Cc1nccs1)[C@@H]1CCCc2ccccc21. The molecule has 1 aromatic heterocycles. The van der Waals surface area contributed by atoms with Gasteiger partial charge in [0.05, 0.1) is 25.1 Å². The van der Waals surface area contributed by atoms with Crippen molar-refractivity contribution >= 4 is 17.2 Å². The number of fused-ring (bicyclic) bond motifs is 1. The zero-order valence-electron chi connectivity index (χ0n) is 13.7. The number of thiazole rings is 1. The Balaban J connectivity index is 1.66. The molecule has 5 heteroatoms. The third kappa shape index (κ3) is 3.10. The lowest BCUT2D eigenvalue weighted by atomic mass is 9.86. The summed E-state index contributed by atoms with van der Waals surface area (Å²) in [7, 11) is 0. The van der Waals surface area contributed by atoms with Crippen molar-refractivity contribution in [3.63, 3.8) is 0 Å². The second-order valence-electron chi connectivity index (χ2n) is 6.56. The highest BCUT2D eigenvalue weighted by molar-refractivity contribution is 7.09. The summed E-state index contributed by atoms with van der Waals surface area (Å²) in [6, 6.07) is 8.73. The molecule has 2 heterocycles. The van der Waals surface area contributed by atoms with E-state index >= 15 is 0 Å². The van der Waals surface area contributed by atoms with Gasteiger partial charge in [-0.3, -0.25) is 4.79 Å². The van der Waals surface area contributed by atoms with Gasteiger partial charge in [0.1, 0.15) is 5.01 Å². The van der Waals surface area contributed by atoms with Crippen LogP contribution < -0.4 is 0 Å². The molecule has 0 unspecified atom stereocenters. The summed E-state index contributed by atoms with van der Waals surface area (Å²) in [6.45, 7) is 1.86. The van der Waals surface area contributed by atoms with Gasteiger partial charge in [-0.25, -0.2) is 4.98 Å². The maximum Gasteiger partial charge on any atom is 0.228 e. The van der Waals surface area contributed by atoms with E-state index in [-0.39, 0.29) is 17.9 Å². The van der Waals surface area contributed by atoms with Crippen LogP contribution in [0.1, 0.15) is 41.4 Å². The van der Waals surface area contributed by atoms with Crippen LogP contribution in [0.5, 0.6) is 0 Å². The summed E-state index contributed by atoms with van der Waals surface area (Å²) < 4.78 is 5.46. The molecule has 0 N–H and O–H groups in total. The van der Waals surface area contributed by atoms with E-state index in [2.05, 4.69) is 34.1 Å². The lowest BCUT2D eigenvalue weighted by Gasteiger charge is -2.36. The second kappa shape index (κ2) is 7.03. The van der Waals surface area contributed by atoms with E-state index in [9.17, 15) is 4.79 Å². The molecule has 24 heavy (non-hydrogen) atoms. The van der Waals surface area contributed by atoms with E-state index in [4.69, 9.17) is 4.74 Å². The lowest BCUT2D eigenvalue weighted by Crippen LogP contribution is -2.40. The van der Waals surface area contributed by atoms with Crippen LogP contribution in [-0.2, 0) is 22.5 Å². The Morgan fingerprint density at radius 1 is 1.33 bits per heavy atom. The molecule has 126 valence electrons. The van der Waals surface area contributed by atoms with E-state index in [1.54, 1.807) is 11.3 Å². The van der Waals surface area contributed by atoms with Gasteiger partial charge in [0, 0.05) is 18.2 Å². The number of hydrogen-bond donors (Lipinski definition) is 0. The summed E-state index contributed by atoms with van der Waals surface area (Å²) in [6.07, 6.45) is 5.92. The average Bonchev–Trinajstić information content (AvgIpc) is 3.32. The quantitative estimate of drug-likeness (QED) is 0.853. The zero-order chi connectivity index (χ0) is 16.4. The van der Waals surface area contributed by atoms with Gasteiger partial charge in [0.25, 0.3) is 0 Å². The largest absolute Gasteiger partial charge is 0.381 e. The Bertz CT molecular complexity index is 695. The van der Waals surface area contributed by atoms with E-state index in [0.29, 0.717) is 19.8 Å². The Kier molecular flexibility index (Phi) is 4.63. The normalized spacial score (nSPS) is 23.0. The fourth-order valence-corrected chi connectivity index (χ4v) is 4.45. The topological polar surface area (TPSA) is 42.4 Å². The minimum absolute atomic E-state index is 0.000879. The first-order valence-corrected chi connectivity index (χ1v) is 9.55. The number of ether oxygens (including phenoxy) is 1. The van der Waals surface area contributed by atoms with Crippen molar-refractivity contribution in [2.45, 2.75) is 38.3 Å². The van der Waals surface area contributed by atoms with Crippen molar-refractivity contribution in [1.29, 1.82) is 0 Å². The van der Waals surface area contributed by atoms with E-state index in [1.807, 2.05) is 11.6 Å². The number of benzene rings is 1. The van der Waals surface area contributed by atoms with Crippen LogP contribution in [0.15, 0.2) is 35.8 Å². The molecule has 2 atom stereocenters. The number of amides is 1. The molecule has 0 radical (unpaired) electrons. The molecule has 0 saturated carbocycles. The van der Waals surface area contributed by atoms with Crippen molar-refractivity contribution in [1.82, 2.24) is 9.88 Å². The standard InChI is InChI=1S/C19H22N2O2S/c22-19(15-8-10-23-13-15)21(12-18-20-9-11-24-18)17-7-3-5-14-4-1-2-6-16(14)17/h1-2,4,6,9,11,15,17H,3,5,7-8,10,12-13H2/t15-,17+/m0/s1. The monoisotopic (exact) mass is 342 g/mol. The molecular formula is C19H22N2O2S. The Morgan fingerprint density at radius 3 is 3.04 bits per heavy atom. The maximum absolute atomic E-state index is 13.2. The Hall–Kier alpha value is -1.72. The van der Waals surface area contributed by atoms with Gasteiger partial charge in [-0.2, -0.15) is 0 Å². The third-order valence-electron chi connectivity index (χ3n) is 5.07. The maximum atomic E-state index is 13.2. The molecule has 1 aromatic carbocycles. The molecule has 0 bridgehead atoms. The number of nitrogens with zero attached hydrogens (tertiary/aromatic N) is 2. The summed E-state index contributed by atoms with van der Waals surface area (Å²) in [5.41, 5.74) is 2.70. The van der Waals surface area contributed by atoms with Crippen LogP contribution in [-0.4, -0.2) is 29.0 Å². The van der Waals surface area contributed by atoms with Gasteiger partial charge in [-0.1, -0.05) is 24.3 Å². The summed E-state index contributed by atoms with van der Waals surface area (Å²) >= 11 is 1.62.